The van der Waals surface area contributed by atoms with E-state index >= 15 is 0 Å². The molecule has 1 N–H and O–H groups in total. The lowest BCUT2D eigenvalue weighted by Gasteiger charge is -2.43. The van der Waals surface area contributed by atoms with Gasteiger partial charge in [-0.3, -0.25) is 4.79 Å². The van der Waals surface area contributed by atoms with Gasteiger partial charge in [-0.2, -0.15) is 0 Å². The maximum atomic E-state index is 12.9. The predicted molar refractivity (Wildman–Crippen MR) is 96.1 cm³/mol. The quantitative estimate of drug-likeness (QED) is 0.906. The van der Waals surface area contributed by atoms with Crippen molar-refractivity contribution < 1.29 is 19.1 Å². The molecule has 1 fully saturated rings. The Morgan fingerprint density at radius 3 is 2.31 bits per heavy atom. The standard InChI is InChI=1S/C20H24N2O4/c1-13-17(21-14(2)26-13)18(23)22(3)20(19(24)25)11-9-16(10-12-20)15-7-5-4-6-8-15/h4-8,16H,9-12H2,1-3H3,(H,24,25). The summed E-state index contributed by atoms with van der Waals surface area (Å²) in [5.74, 6) is -0.227. The Bertz CT molecular complexity index is 804. The van der Waals surface area contributed by atoms with Crippen LogP contribution in [-0.2, 0) is 4.79 Å². The van der Waals surface area contributed by atoms with E-state index in [0.29, 0.717) is 30.4 Å². The average Bonchev–Trinajstić information content (AvgIpc) is 2.99. The molecular weight excluding hydrogens is 332 g/mol. The lowest BCUT2D eigenvalue weighted by atomic mass is 9.73. The second kappa shape index (κ2) is 6.94. The minimum absolute atomic E-state index is 0.191. The summed E-state index contributed by atoms with van der Waals surface area (Å²) in [6.45, 7) is 3.34. The number of aromatic nitrogens is 1. The van der Waals surface area contributed by atoms with Crippen molar-refractivity contribution in [2.45, 2.75) is 51.0 Å². The lowest BCUT2D eigenvalue weighted by molar-refractivity contribution is -0.151. The molecule has 0 aliphatic heterocycles. The van der Waals surface area contributed by atoms with Crippen molar-refractivity contribution in [3.05, 3.63) is 53.2 Å². The fourth-order valence-corrected chi connectivity index (χ4v) is 3.93. The number of nitrogens with zero attached hydrogens (tertiary/aromatic N) is 2. The molecule has 0 atom stereocenters. The highest BCUT2D eigenvalue weighted by molar-refractivity contribution is 5.97. The van der Waals surface area contributed by atoms with Gasteiger partial charge < -0.3 is 14.4 Å². The second-order valence-corrected chi connectivity index (χ2v) is 7.02. The third kappa shape index (κ3) is 3.11. The van der Waals surface area contributed by atoms with Gasteiger partial charge in [0.05, 0.1) is 0 Å². The first kappa shape index (κ1) is 18.2. The number of hydrogen-bond acceptors (Lipinski definition) is 4. The Kier molecular flexibility index (Phi) is 4.85. The number of aliphatic carboxylic acids is 1. The van der Waals surface area contributed by atoms with Crippen molar-refractivity contribution in [2.24, 2.45) is 0 Å². The molecule has 0 radical (unpaired) electrons. The average molecular weight is 356 g/mol. The summed E-state index contributed by atoms with van der Waals surface area (Å²) in [6, 6.07) is 10.1. The summed E-state index contributed by atoms with van der Waals surface area (Å²) < 4.78 is 5.34. The third-order valence-corrected chi connectivity index (χ3v) is 5.53. The summed E-state index contributed by atoms with van der Waals surface area (Å²) >= 11 is 0. The molecule has 2 aromatic rings. The van der Waals surface area contributed by atoms with Crippen molar-refractivity contribution in [2.75, 3.05) is 7.05 Å². The van der Waals surface area contributed by atoms with Gasteiger partial charge >= 0.3 is 5.97 Å². The first-order chi connectivity index (χ1) is 12.3. The lowest BCUT2D eigenvalue weighted by Crippen LogP contribution is -2.57. The molecular formula is C20H24N2O4. The van der Waals surface area contributed by atoms with E-state index in [4.69, 9.17) is 4.42 Å². The molecule has 138 valence electrons. The number of oxazole rings is 1. The maximum Gasteiger partial charge on any atom is 0.329 e. The molecule has 1 aromatic carbocycles. The molecule has 6 heteroatoms. The van der Waals surface area contributed by atoms with Gasteiger partial charge in [0, 0.05) is 14.0 Å². The molecule has 1 heterocycles. The van der Waals surface area contributed by atoms with Crippen LogP contribution in [0.1, 0.15) is 59.3 Å². The van der Waals surface area contributed by atoms with E-state index in [2.05, 4.69) is 17.1 Å². The molecule has 0 spiro atoms. The van der Waals surface area contributed by atoms with Crippen LogP contribution in [-0.4, -0.2) is 39.5 Å². The topological polar surface area (TPSA) is 83.6 Å². The molecule has 0 saturated heterocycles. The van der Waals surface area contributed by atoms with Crippen LogP contribution in [0.25, 0.3) is 0 Å². The van der Waals surface area contributed by atoms with Crippen molar-refractivity contribution in [3.63, 3.8) is 0 Å². The number of hydrogen-bond donors (Lipinski definition) is 1. The van der Waals surface area contributed by atoms with Crippen LogP contribution in [0.2, 0.25) is 0 Å². The number of carbonyl (C=O) groups is 2. The Morgan fingerprint density at radius 2 is 1.81 bits per heavy atom. The zero-order valence-corrected chi connectivity index (χ0v) is 15.4. The molecule has 3 rings (SSSR count). The third-order valence-electron chi connectivity index (χ3n) is 5.53. The van der Waals surface area contributed by atoms with Crippen LogP contribution >= 0.6 is 0 Å². The fraction of sp³-hybridized carbons (Fsp3) is 0.450. The van der Waals surface area contributed by atoms with E-state index in [9.17, 15) is 14.7 Å². The summed E-state index contributed by atoms with van der Waals surface area (Å²) in [4.78, 5) is 30.5. The second-order valence-electron chi connectivity index (χ2n) is 7.02. The summed E-state index contributed by atoms with van der Waals surface area (Å²) in [5, 5.41) is 9.95. The van der Waals surface area contributed by atoms with Crippen LogP contribution in [0, 0.1) is 13.8 Å². The minimum Gasteiger partial charge on any atom is -0.479 e. The molecule has 1 aliphatic carbocycles. The van der Waals surface area contributed by atoms with E-state index in [1.807, 2.05) is 18.2 Å². The number of carboxylic acids is 1. The van der Waals surface area contributed by atoms with Crippen molar-refractivity contribution >= 4 is 11.9 Å². The fourth-order valence-electron chi connectivity index (χ4n) is 3.93. The normalized spacial score (nSPS) is 22.8. The van der Waals surface area contributed by atoms with Gasteiger partial charge in [0.15, 0.2) is 11.6 Å². The zero-order chi connectivity index (χ0) is 18.9. The van der Waals surface area contributed by atoms with E-state index in [1.165, 1.54) is 10.5 Å². The van der Waals surface area contributed by atoms with Crippen LogP contribution in [0.3, 0.4) is 0 Å². The number of amides is 1. The predicted octanol–water partition coefficient (Wildman–Crippen LogP) is 3.54. The number of likely N-dealkylation sites (N-methyl/N-ethyl adjacent to an activating group) is 1. The Hall–Kier alpha value is -2.63. The van der Waals surface area contributed by atoms with E-state index in [1.54, 1.807) is 20.9 Å². The van der Waals surface area contributed by atoms with Crippen LogP contribution in [0.4, 0.5) is 0 Å². The van der Waals surface area contributed by atoms with E-state index in [0.717, 1.165) is 12.8 Å². The molecule has 1 saturated carbocycles. The van der Waals surface area contributed by atoms with Crippen molar-refractivity contribution in [3.8, 4) is 0 Å². The molecule has 26 heavy (non-hydrogen) atoms. The molecule has 0 unspecified atom stereocenters. The number of benzene rings is 1. The molecule has 1 aliphatic rings. The summed E-state index contributed by atoms with van der Waals surface area (Å²) in [7, 11) is 1.56. The Morgan fingerprint density at radius 1 is 1.19 bits per heavy atom. The number of carboxylic acid groups (broad SMARTS) is 1. The van der Waals surface area contributed by atoms with Gasteiger partial charge in [-0.05, 0) is 44.1 Å². The van der Waals surface area contributed by atoms with Crippen molar-refractivity contribution in [1.82, 2.24) is 9.88 Å². The minimum atomic E-state index is -1.21. The highest BCUT2D eigenvalue weighted by atomic mass is 16.4. The number of rotatable bonds is 4. The SMILES string of the molecule is Cc1nc(C(=O)N(C)C2(C(=O)O)CCC(c3ccccc3)CC2)c(C)o1. The van der Waals surface area contributed by atoms with Crippen LogP contribution in [0.15, 0.2) is 34.7 Å². The highest BCUT2D eigenvalue weighted by Gasteiger charge is 2.48. The number of aryl methyl sites for hydroxylation is 2. The maximum absolute atomic E-state index is 12.9. The van der Waals surface area contributed by atoms with Gasteiger partial charge in [0.25, 0.3) is 5.91 Å². The van der Waals surface area contributed by atoms with Gasteiger partial charge in [-0.1, -0.05) is 30.3 Å². The summed E-state index contributed by atoms with van der Waals surface area (Å²) in [6.07, 6.45) is 2.29. The number of carbonyl (C=O) groups excluding carboxylic acids is 1. The van der Waals surface area contributed by atoms with Gasteiger partial charge in [-0.15, -0.1) is 0 Å². The molecule has 1 amide bonds. The first-order valence-electron chi connectivity index (χ1n) is 8.85. The zero-order valence-electron chi connectivity index (χ0n) is 15.4. The highest BCUT2D eigenvalue weighted by Crippen LogP contribution is 2.41. The molecule has 1 aromatic heterocycles. The largest absolute Gasteiger partial charge is 0.479 e. The van der Waals surface area contributed by atoms with E-state index < -0.39 is 17.4 Å². The molecule has 6 nitrogen and oxygen atoms in total. The van der Waals surface area contributed by atoms with Crippen molar-refractivity contribution in [1.29, 1.82) is 0 Å². The molecule has 0 bridgehead atoms. The van der Waals surface area contributed by atoms with Gasteiger partial charge in [-0.25, -0.2) is 9.78 Å². The van der Waals surface area contributed by atoms with Crippen LogP contribution < -0.4 is 0 Å². The first-order valence-corrected chi connectivity index (χ1v) is 8.85. The monoisotopic (exact) mass is 356 g/mol. The van der Waals surface area contributed by atoms with Crippen LogP contribution in [0.5, 0.6) is 0 Å². The van der Waals surface area contributed by atoms with Gasteiger partial charge in [0.1, 0.15) is 11.3 Å². The Labute approximate surface area is 152 Å². The van der Waals surface area contributed by atoms with E-state index in [-0.39, 0.29) is 5.69 Å². The Balaban J connectivity index is 1.82. The smallest absolute Gasteiger partial charge is 0.329 e. The van der Waals surface area contributed by atoms with Gasteiger partial charge in [0.2, 0.25) is 0 Å². The summed E-state index contributed by atoms with van der Waals surface area (Å²) in [5.41, 5.74) is 0.209.